The predicted molar refractivity (Wildman–Crippen MR) is 48.2 cm³/mol. The number of nitrogens with one attached hydrogen (secondary N) is 1. The minimum atomic E-state index is -0.420. The van der Waals surface area contributed by atoms with Gasteiger partial charge in [0.2, 0.25) is 0 Å². The number of anilines is 1. The van der Waals surface area contributed by atoms with Crippen LogP contribution in [0, 0.1) is 6.57 Å². The van der Waals surface area contributed by atoms with Crippen LogP contribution in [0.2, 0.25) is 0 Å². The molecule has 13 heavy (non-hydrogen) atoms. The number of carbonyl (C=O) groups is 1. The highest BCUT2D eigenvalue weighted by Crippen LogP contribution is 2.20. The van der Waals surface area contributed by atoms with Gasteiger partial charge in [0, 0.05) is 0 Å². The Kier molecular flexibility index (Phi) is 2.87. The van der Waals surface area contributed by atoms with E-state index in [9.17, 15) is 9.90 Å². The normalized spacial score (nSPS) is 8.85. The molecule has 0 radical (unpaired) electrons. The monoisotopic (exact) mass is 176 g/mol. The van der Waals surface area contributed by atoms with Crippen LogP contribution < -0.4 is 5.32 Å². The van der Waals surface area contributed by atoms with Crippen molar-refractivity contribution in [2.45, 2.75) is 0 Å². The van der Waals surface area contributed by atoms with E-state index in [1.807, 2.05) is 0 Å². The topological polar surface area (TPSA) is 53.7 Å². The van der Waals surface area contributed by atoms with Gasteiger partial charge in [-0.2, -0.15) is 0 Å². The Bertz CT molecular complexity index is 355. The number of benzene rings is 1. The molecule has 1 amide bonds. The Labute approximate surface area is 75.6 Å². The van der Waals surface area contributed by atoms with Crippen molar-refractivity contribution in [3.05, 3.63) is 35.7 Å². The number of phenolic OH excluding ortho intramolecular Hbond substituents is 1. The molecule has 0 unspecified atom stereocenters. The summed E-state index contributed by atoms with van der Waals surface area (Å²) in [6.45, 7) is 6.23. The van der Waals surface area contributed by atoms with E-state index in [-0.39, 0.29) is 12.3 Å². The SMILES string of the molecule is [C-]#[N+]CC(=O)Nc1ccccc1O. The second kappa shape index (κ2) is 4.12. The number of carbonyl (C=O) groups excluding carboxylic acids is 1. The van der Waals surface area contributed by atoms with Gasteiger partial charge >= 0.3 is 5.91 Å². The van der Waals surface area contributed by atoms with E-state index < -0.39 is 5.91 Å². The molecule has 0 saturated carbocycles. The maximum Gasteiger partial charge on any atom is 0.304 e. The van der Waals surface area contributed by atoms with Crippen molar-refractivity contribution < 1.29 is 9.90 Å². The van der Waals surface area contributed by atoms with E-state index in [1.165, 1.54) is 6.07 Å². The van der Waals surface area contributed by atoms with Crippen LogP contribution in [0.5, 0.6) is 5.75 Å². The quantitative estimate of drug-likeness (QED) is 0.526. The van der Waals surface area contributed by atoms with Gasteiger partial charge in [-0.3, -0.25) is 4.79 Å². The van der Waals surface area contributed by atoms with Crippen molar-refractivity contribution in [3.8, 4) is 5.75 Å². The standard InChI is InChI=1S/C9H8N2O2/c1-10-6-9(13)11-7-4-2-3-5-8(7)12/h2-5,12H,6H2,(H,11,13). The lowest BCUT2D eigenvalue weighted by atomic mass is 10.3. The maximum atomic E-state index is 10.9. The predicted octanol–water partition coefficient (Wildman–Crippen LogP) is 1.25. The molecular weight excluding hydrogens is 168 g/mol. The molecule has 4 nitrogen and oxygen atoms in total. The summed E-state index contributed by atoms with van der Waals surface area (Å²) in [4.78, 5) is 13.8. The molecule has 0 spiro atoms. The van der Waals surface area contributed by atoms with E-state index in [0.717, 1.165) is 0 Å². The van der Waals surface area contributed by atoms with Crippen molar-refractivity contribution >= 4 is 11.6 Å². The zero-order chi connectivity index (χ0) is 9.68. The molecule has 0 heterocycles. The van der Waals surface area contributed by atoms with Crippen LogP contribution >= 0.6 is 0 Å². The van der Waals surface area contributed by atoms with Crippen molar-refractivity contribution in [1.29, 1.82) is 0 Å². The molecule has 4 heteroatoms. The van der Waals surface area contributed by atoms with Crippen LogP contribution in [0.1, 0.15) is 0 Å². The van der Waals surface area contributed by atoms with Gasteiger partial charge in [0.1, 0.15) is 5.75 Å². The molecule has 0 fully saturated rings. The Morgan fingerprint density at radius 3 is 2.85 bits per heavy atom. The first kappa shape index (κ1) is 9.07. The van der Waals surface area contributed by atoms with Gasteiger partial charge in [-0.25, -0.2) is 6.57 Å². The zero-order valence-corrected chi connectivity index (χ0v) is 6.82. The molecule has 0 aliphatic rings. The van der Waals surface area contributed by atoms with Gasteiger partial charge in [-0.05, 0) is 12.1 Å². The number of phenols is 1. The third kappa shape index (κ3) is 2.49. The Balaban J connectivity index is 2.70. The number of hydrogen-bond acceptors (Lipinski definition) is 2. The zero-order valence-electron chi connectivity index (χ0n) is 6.82. The average Bonchev–Trinajstić information content (AvgIpc) is 2.09. The van der Waals surface area contributed by atoms with Gasteiger partial charge in [0.05, 0.1) is 5.69 Å². The lowest BCUT2D eigenvalue weighted by molar-refractivity contribution is -0.114. The van der Waals surface area contributed by atoms with E-state index >= 15 is 0 Å². The van der Waals surface area contributed by atoms with E-state index in [1.54, 1.807) is 18.2 Å². The molecule has 0 bridgehead atoms. The van der Waals surface area contributed by atoms with Crippen LogP contribution in [0.3, 0.4) is 0 Å². The second-order valence-electron chi connectivity index (χ2n) is 2.38. The van der Waals surface area contributed by atoms with Gasteiger partial charge in [-0.1, -0.05) is 12.1 Å². The molecular formula is C9H8N2O2. The van der Waals surface area contributed by atoms with E-state index in [0.29, 0.717) is 5.69 Å². The average molecular weight is 176 g/mol. The van der Waals surface area contributed by atoms with E-state index in [2.05, 4.69) is 10.2 Å². The first-order chi connectivity index (χ1) is 6.24. The highest BCUT2D eigenvalue weighted by molar-refractivity contribution is 5.94. The van der Waals surface area contributed by atoms with Gasteiger partial charge < -0.3 is 15.3 Å². The minimum absolute atomic E-state index is 0.000769. The number of amides is 1. The third-order valence-corrected chi connectivity index (χ3v) is 1.40. The molecule has 0 aromatic heterocycles. The Morgan fingerprint density at radius 1 is 1.54 bits per heavy atom. The molecule has 66 valence electrons. The van der Waals surface area contributed by atoms with E-state index in [4.69, 9.17) is 6.57 Å². The molecule has 0 aliphatic carbocycles. The van der Waals surface area contributed by atoms with Crippen LogP contribution in [-0.4, -0.2) is 17.6 Å². The van der Waals surface area contributed by atoms with Gasteiger partial charge in [-0.15, -0.1) is 0 Å². The highest BCUT2D eigenvalue weighted by atomic mass is 16.3. The van der Waals surface area contributed by atoms with Crippen molar-refractivity contribution in [3.63, 3.8) is 0 Å². The number of hydrogen-bond donors (Lipinski definition) is 2. The summed E-state index contributed by atoms with van der Waals surface area (Å²) < 4.78 is 0. The smallest absolute Gasteiger partial charge is 0.304 e. The Hall–Kier alpha value is -2.02. The molecule has 2 N–H and O–H groups in total. The molecule has 0 saturated heterocycles. The molecule has 1 rings (SSSR count). The Morgan fingerprint density at radius 2 is 2.23 bits per heavy atom. The molecule has 1 aromatic carbocycles. The van der Waals surface area contributed by atoms with Crippen molar-refractivity contribution in [2.24, 2.45) is 0 Å². The molecule has 1 aromatic rings. The number of aromatic hydroxyl groups is 1. The first-order valence-corrected chi connectivity index (χ1v) is 3.65. The van der Waals surface area contributed by atoms with Crippen molar-refractivity contribution in [1.82, 2.24) is 0 Å². The number of nitrogens with zero attached hydrogens (tertiary/aromatic N) is 1. The van der Waals surface area contributed by atoms with Crippen molar-refractivity contribution in [2.75, 3.05) is 11.9 Å². The van der Waals surface area contributed by atoms with Crippen LogP contribution in [0.15, 0.2) is 24.3 Å². The summed E-state index contributed by atoms with van der Waals surface area (Å²) in [6, 6.07) is 6.37. The fourth-order valence-electron chi connectivity index (χ4n) is 0.841. The summed E-state index contributed by atoms with van der Waals surface area (Å²) in [5, 5.41) is 11.6. The molecule has 0 atom stereocenters. The summed E-state index contributed by atoms with van der Waals surface area (Å²) in [5.41, 5.74) is 0.330. The molecule has 0 aliphatic heterocycles. The summed E-state index contributed by atoms with van der Waals surface area (Å²) in [7, 11) is 0. The van der Waals surface area contributed by atoms with Crippen LogP contribution in [0.25, 0.3) is 4.85 Å². The number of para-hydroxylation sites is 2. The fourth-order valence-corrected chi connectivity index (χ4v) is 0.841. The van der Waals surface area contributed by atoms with Gasteiger partial charge in [0.25, 0.3) is 6.54 Å². The fraction of sp³-hybridized carbons (Fsp3) is 0.111. The lowest BCUT2D eigenvalue weighted by Gasteiger charge is -2.02. The minimum Gasteiger partial charge on any atom is -0.506 e. The maximum absolute atomic E-state index is 10.9. The summed E-state index contributed by atoms with van der Waals surface area (Å²) in [6.07, 6.45) is 0. The largest absolute Gasteiger partial charge is 0.506 e. The third-order valence-electron chi connectivity index (χ3n) is 1.40. The first-order valence-electron chi connectivity index (χ1n) is 3.65. The van der Waals surface area contributed by atoms with Crippen LogP contribution in [-0.2, 0) is 4.79 Å². The number of rotatable bonds is 2. The second-order valence-corrected chi connectivity index (χ2v) is 2.38. The van der Waals surface area contributed by atoms with Gasteiger partial charge in [0.15, 0.2) is 0 Å². The van der Waals surface area contributed by atoms with Crippen LogP contribution in [0.4, 0.5) is 5.69 Å². The summed E-state index contributed by atoms with van der Waals surface area (Å²) >= 11 is 0. The summed E-state index contributed by atoms with van der Waals surface area (Å²) in [5.74, 6) is -0.419. The highest BCUT2D eigenvalue weighted by Gasteiger charge is 2.06. The lowest BCUT2D eigenvalue weighted by Crippen LogP contribution is -2.13.